The van der Waals surface area contributed by atoms with Crippen molar-refractivity contribution in [3.63, 3.8) is 0 Å². The summed E-state index contributed by atoms with van der Waals surface area (Å²) in [4.78, 5) is 0.144. The van der Waals surface area contributed by atoms with Gasteiger partial charge in [-0.25, -0.2) is 8.42 Å². The van der Waals surface area contributed by atoms with E-state index in [1.54, 1.807) is 22.9 Å². The normalized spacial score (nSPS) is 11.7. The van der Waals surface area contributed by atoms with Gasteiger partial charge in [0.25, 0.3) is 0 Å². The van der Waals surface area contributed by atoms with E-state index in [1.165, 1.54) is 0 Å². The molecule has 0 fully saturated rings. The molecule has 96 valence electrons. The molecule has 5 nitrogen and oxygen atoms in total. The molecule has 1 heterocycles. The van der Waals surface area contributed by atoms with E-state index in [0.29, 0.717) is 0 Å². The van der Waals surface area contributed by atoms with Crippen molar-refractivity contribution in [3.05, 3.63) is 30.0 Å². The third-order valence-electron chi connectivity index (χ3n) is 2.70. The number of nitrogen functional groups attached to an aromatic ring is 1. The lowest BCUT2D eigenvalue weighted by Gasteiger charge is -2.06. The fraction of sp³-hybridized carbons (Fsp3) is 0.250. The Morgan fingerprint density at radius 1 is 1.33 bits per heavy atom. The summed E-state index contributed by atoms with van der Waals surface area (Å²) in [5.41, 5.74) is 8.46. The Labute approximate surface area is 106 Å². The fourth-order valence-corrected chi connectivity index (χ4v) is 2.73. The number of aromatic nitrogens is 2. The molecule has 0 aliphatic carbocycles. The molecule has 0 spiro atoms. The Bertz CT molecular complexity index is 702. The largest absolute Gasteiger partial charge is 0.398 e. The van der Waals surface area contributed by atoms with Crippen LogP contribution in [0.3, 0.4) is 0 Å². The molecule has 0 saturated carbocycles. The molecule has 0 aliphatic rings. The van der Waals surface area contributed by atoms with Crippen molar-refractivity contribution in [3.8, 4) is 11.3 Å². The summed E-state index contributed by atoms with van der Waals surface area (Å²) < 4.78 is 24.9. The third-order valence-corrected chi connectivity index (χ3v) is 3.85. The van der Waals surface area contributed by atoms with E-state index < -0.39 is 9.84 Å². The number of sulfone groups is 1. The van der Waals surface area contributed by atoms with E-state index in [1.807, 2.05) is 20.2 Å². The first kappa shape index (κ1) is 12.6. The van der Waals surface area contributed by atoms with Gasteiger partial charge in [0.15, 0.2) is 9.84 Å². The highest BCUT2D eigenvalue weighted by Gasteiger charge is 2.15. The molecule has 0 saturated heterocycles. The topological polar surface area (TPSA) is 78.0 Å². The van der Waals surface area contributed by atoms with E-state index in [4.69, 9.17) is 5.73 Å². The van der Waals surface area contributed by atoms with E-state index in [0.717, 1.165) is 23.1 Å². The number of benzene rings is 1. The van der Waals surface area contributed by atoms with Gasteiger partial charge in [-0.3, -0.25) is 4.68 Å². The van der Waals surface area contributed by atoms with Crippen LogP contribution in [0.5, 0.6) is 0 Å². The van der Waals surface area contributed by atoms with Gasteiger partial charge in [-0.1, -0.05) is 6.07 Å². The summed E-state index contributed by atoms with van der Waals surface area (Å²) in [7, 11) is -1.50. The van der Waals surface area contributed by atoms with Crippen LogP contribution in [-0.4, -0.2) is 24.5 Å². The quantitative estimate of drug-likeness (QED) is 0.832. The third kappa shape index (κ3) is 2.24. The highest BCUT2D eigenvalue weighted by Crippen LogP contribution is 2.27. The number of nitrogens with two attached hydrogens (primary N) is 1. The minimum absolute atomic E-state index is 0.144. The van der Waals surface area contributed by atoms with Crippen molar-refractivity contribution in [2.75, 3.05) is 12.0 Å². The predicted molar refractivity (Wildman–Crippen MR) is 70.9 cm³/mol. The van der Waals surface area contributed by atoms with Gasteiger partial charge in [0.1, 0.15) is 0 Å². The monoisotopic (exact) mass is 265 g/mol. The van der Waals surface area contributed by atoms with E-state index in [9.17, 15) is 8.42 Å². The molecule has 18 heavy (non-hydrogen) atoms. The molecule has 1 aromatic carbocycles. The van der Waals surface area contributed by atoms with Crippen molar-refractivity contribution >= 4 is 15.5 Å². The van der Waals surface area contributed by atoms with Gasteiger partial charge in [-0.05, 0) is 24.6 Å². The molecule has 2 N–H and O–H groups in total. The zero-order chi connectivity index (χ0) is 13.5. The fourth-order valence-electron chi connectivity index (χ4n) is 1.90. The smallest absolute Gasteiger partial charge is 0.177 e. The maximum absolute atomic E-state index is 11.6. The van der Waals surface area contributed by atoms with Gasteiger partial charge in [-0.15, -0.1) is 0 Å². The van der Waals surface area contributed by atoms with E-state index in [-0.39, 0.29) is 10.6 Å². The molecule has 2 aromatic rings. The number of rotatable bonds is 2. The summed E-state index contributed by atoms with van der Waals surface area (Å²) in [6, 6.07) is 4.94. The summed E-state index contributed by atoms with van der Waals surface area (Å²) in [6.07, 6.45) is 3.03. The van der Waals surface area contributed by atoms with Gasteiger partial charge in [-0.2, -0.15) is 5.10 Å². The first-order valence-corrected chi connectivity index (χ1v) is 7.28. The molecule has 6 heteroatoms. The highest BCUT2D eigenvalue weighted by atomic mass is 32.2. The van der Waals surface area contributed by atoms with Crippen LogP contribution in [0, 0.1) is 6.92 Å². The number of nitrogens with zero attached hydrogens (tertiary/aromatic N) is 2. The minimum atomic E-state index is -3.33. The minimum Gasteiger partial charge on any atom is -0.398 e. The predicted octanol–water partition coefficient (Wildman–Crippen LogP) is 1.38. The summed E-state index contributed by atoms with van der Waals surface area (Å²) in [5, 5.41) is 4.31. The van der Waals surface area contributed by atoms with Crippen molar-refractivity contribution < 1.29 is 8.42 Å². The average molecular weight is 265 g/mol. The molecule has 0 unspecified atom stereocenters. The summed E-state index contributed by atoms with van der Waals surface area (Å²) in [5.74, 6) is 0. The van der Waals surface area contributed by atoms with Crippen LogP contribution in [0.1, 0.15) is 5.56 Å². The van der Waals surface area contributed by atoms with Crippen LogP contribution in [0.15, 0.2) is 29.3 Å². The van der Waals surface area contributed by atoms with Gasteiger partial charge in [0.05, 0.1) is 16.3 Å². The number of hydrogen-bond donors (Lipinski definition) is 1. The SMILES string of the molecule is Cc1cn(C)nc1-c1ccc(N)c(S(C)(=O)=O)c1. The van der Waals surface area contributed by atoms with Crippen LogP contribution in [0.4, 0.5) is 5.69 Å². The van der Waals surface area contributed by atoms with Gasteiger partial charge < -0.3 is 5.73 Å². The second kappa shape index (κ2) is 4.13. The van der Waals surface area contributed by atoms with Crippen molar-refractivity contribution in [1.29, 1.82) is 0 Å². The maximum Gasteiger partial charge on any atom is 0.177 e. The Kier molecular flexibility index (Phi) is 2.90. The second-order valence-corrected chi connectivity index (χ2v) is 6.34. The highest BCUT2D eigenvalue weighted by molar-refractivity contribution is 7.90. The molecule has 0 atom stereocenters. The Morgan fingerprint density at radius 3 is 2.50 bits per heavy atom. The van der Waals surface area contributed by atoms with Crippen LogP contribution in [-0.2, 0) is 16.9 Å². The standard InChI is InChI=1S/C12H15N3O2S/c1-8-7-15(2)14-12(8)9-4-5-10(13)11(6-9)18(3,16)17/h4-7H,13H2,1-3H3. The molecule has 0 bridgehead atoms. The number of hydrogen-bond acceptors (Lipinski definition) is 4. The Balaban J connectivity index is 2.65. The van der Waals surface area contributed by atoms with Crippen LogP contribution < -0.4 is 5.73 Å². The summed E-state index contributed by atoms with van der Waals surface area (Å²) in [6.45, 7) is 1.93. The van der Waals surface area contributed by atoms with Crippen LogP contribution in [0.2, 0.25) is 0 Å². The maximum atomic E-state index is 11.6. The van der Waals surface area contributed by atoms with Crippen LogP contribution >= 0.6 is 0 Å². The van der Waals surface area contributed by atoms with E-state index >= 15 is 0 Å². The molecule has 0 radical (unpaired) electrons. The molecule has 0 amide bonds. The zero-order valence-corrected chi connectivity index (χ0v) is 11.3. The van der Waals surface area contributed by atoms with Crippen molar-refractivity contribution in [2.45, 2.75) is 11.8 Å². The lowest BCUT2D eigenvalue weighted by molar-refractivity contribution is 0.602. The first-order valence-electron chi connectivity index (χ1n) is 5.39. The number of aryl methyl sites for hydroxylation is 2. The summed E-state index contributed by atoms with van der Waals surface area (Å²) >= 11 is 0. The van der Waals surface area contributed by atoms with Crippen molar-refractivity contribution in [1.82, 2.24) is 9.78 Å². The molecular weight excluding hydrogens is 250 g/mol. The molecule has 2 rings (SSSR count). The van der Waals surface area contributed by atoms with Gasteiger partial charge in [0.2, 0.25) is 0 Å². The molecule has 0 aliphatic heterocycles. The van der Waals surface area contributed by atoms with Gasteiger partial charge in [0, 0.05) is 25.1 Å². The first-order chi connectivity index (χ1) is 8.29. The van der Waals surface area contributed by atoms with Crippen LogP contribution in [0.25, 0.3) is 11.3 Å². The molecular formula is C12H15N3O2S. The lowest BCUT2D eigenvalue weighted by Crippen LogP contribution is -2.02. The second-order valence-electron chi connectivity index (χ2n) is 4.36. The Morgan fingerprint density at radius 2 is 2.00 bits per heavy atom. The number of anilines is 1. The van der Waals surface area contributed by atoms with Crippen molar-refractivity contribution in [2.24, 2.45) is 7.05 Å². The zero-order valence-electron chi connectivity index (χ0n) is 10.5. The Hall–Kier alpha value is -1.82. The van der Waals surface area contributed by atoms with Gasteiger partial charge >= 0.3 is 0 Å². The average Bonchev–Trinajstić information content (AvgIpc) is 2.57. The lowest BCUT2D eigenvalue weighted by atomic mass is 10.1. The van der Waals surface area contributed by atoms with E-state index in [2.05, 4.69) is 5.10 Å². The molecule has 1 aromatic heterocycles.